The zero-order valence-corrected chi connectivity index (χ0v) is 18.4. The van der Waals surface area contributed by atoms with E-state index in [0.29, 0.717) is 17.7 Å². The largest absolute Gasteiger partial charge is 0.355 e. The van der Waals surface area contributed by atoms with E-state index < -0.39 is 0 Å². The van der Waals surface area contributed by atoms with E-state index in [2.05, 4.69) is 33.0 Å². The molecule has 0 radical (unpaired) electrons. The molecule has 0 bridgehead atoms. The summed E-state index contributed by atoms with van der Waals surface area (Å²) in [5.41, 5.74) is -0.0991. The Bertz CT molecular complexity index is 578. The van der Waals surface area contributed by atoms with Crippen molar-refractivity contribution in [2.24, 2.45) is 17.3 Å². The number of nitrogens with one attached hydrogen (secondary N) is 2. The molecular formula is C20H33Cl2N3OS. The van der Waals surface area contributed by atoms with Crippen LogP contribution in [0.4, 0.5) is 0 Å². The third kappa shape index (κ3) is 5.18. The molecule has 1 amide bonds. The van der Waals surface area contributed by atoms with Gasteiger partial charge in [-0.25, -0.2) is 0 Å². The van der Waals surface area contributed by atoms with Crippen molar-refractivity contribution in [3.05, 3.63) is 22.4 Å². The predicted octanol–water partition coefficient (Wildman–Crippen LogP) is 3.70. The molecule has 1 aromatic heterocycles. The Morgan fingerprint density at radius 3 is 2.81 bits per heavy atom. The van der Waals surface area contributed by atoms with Gasteiger partial charge in [0.15, 0.2) is 0 Å². The molecule has 154 valence electrons. The summed E-state index contributed by atoms with van der Waals surface area (Å²) in [6.45, 7) is 6.21. The average Bonchev–Trinajstić information content (AvgIpc) is 3.30. The maximum atomic E-state index is 13.0. The first-order chi connectivity index (χ1) is 12.3. The summed E-state index contributed by atoms with van der Waals surface area (Å²) >= 11 is 1.85. The summed E-state index contributed by atoms with van der Waals surface area (Å²) in [5.74, 6) is 1.55. The SMILES string of the molecule is Cl.Cl.O=C(NCC1CCN(Cc2cccs2)CC1)[C@@]12CCCC[C@H]1CNC2. The number of hydrogen-bond donors (Lipinski definition) is 2. The number of nitrogens with zero attached hydrogens (tertiary/aromatic N) is 1. The molecule has 2 atom stereocenters. The van der Waals surface area contributed by atoms with Crippen molar-refractivity contribution in [1.29, 1.82) is 0 Å². The highest BCUT2D eigenvalue weighted by molar-refractivity contribution is 7.09. The second kappa shape index (κ2) is 10.4. The van der Waals surface area contributed by atoms with Crippen molar-refractivity contribution in [1.82, 2.24) is 15.5 Å². The zero-order chi connectivity index (χ0) is 17.1. The fourth-order valence-electron chi connectivity index (χ4n) is 5.08. The van der Waals surface area contributed by atoms with Crippen LogP contribution < -0.4 is 10.6 Å². The molecule has 3 aliphatic rings. The zero-order valence-electron chi connectivity index (χ0n) is 16.0. The molecule has 7 heteroatoms. The highest BCUT2D eigenvalue weighted by Crippen LogP contribution is 2.43. The van der Waals surface area contributed by atoms with Gasteiger partial charge in [0.1, 0.15) is 0 Å². The lowest BCUT2D eigenvalue weighted by Crippen LogP contribution is -2.49. The number of carbonyl (C=O) groups excluding carboxylic acids is 1. The Morgan fingerprint density at radius 1 is 1.26 bits per heavy atom. The first-order valence-corrected chi connectivity index (χ1v) is 10.9. The molecule has 0 spiro atoms. The Hall–Kier alpha value is -0.330. The second-order valence-corrected chi connectivity index (χ2v) is 9.27. The maximum absolute atomic E-state index is 13.0. The molecule has 0 unspecified atom stereocenters. The number of likely N-dealkylation sites (tertiary alicyclic amines) is 1. The fourth-order valence-corrected chi connectivity index (χ4v) is 5.82. The molecule has 2 saturated heterocycles. The van der Waals surface area contributed by atoms with Crippen LogP contribution in [-0.4, -0.2) is 43.5 Å². The third-order valence-electron chi connectivity index (χ3n) is 6.71. The molecule has 2 aliphatic heterocycles. The van der Waals surface area contributed by atoms with Gasteiger partial charge < -0.3 is 10.6 Å². The Kier molecular flexibility index (Phi) is 8.88. The lowest BCUT2D eigenvalue weighted by atomic mass is 9.67. The van der Waals surface area contributed by atoms with E-state index in [-0.39, 0.29) is 30.2 Å². The Labute approximate surface area is 179 Å². The topological polar surface area (TPSA) is 44.4 Å². The standard InChI is InChI=1S/C20H31N3OS.2ClH/c24-19(20-8-2-1-4-17(20)13-21-15-20)22-12-16-6-9-23(10-7-16)14-18-5-3-11-25-18;;/h3,5,11,16-17,21H,1-2,4,6-10,12-15H2,(H,22,24);2*1H/t17-,20+;;/m0../s1. The van der Waals surface area contributed by atoms with Gasteiger partial charge in [0, 0.05) is 24.5 Å². The van der Waals surface area contributed by atoms with Crippen LogP contribution in [0, 0.1) is 17.3 Å². The van der Waals surface area contributed by atoms with E-state index in [4.69, 9.17) is 0 Å². The number of piperidine rings is 1. The number of thiophene rings is 1. The minimum absolute atomic E-state index is 0. The normalized spacial score (nSPS) is 28.7. The van der Waals surface area contributed by atoms with Crippen LogP contribution in [0.5, 0.6) is 0 Å². The van der Waals surface area contributed by atoms with Gasteiger partial charge in [0.05, 0.1) is 5.41 Å². The van der Waals surface area contributed by atoms with Gasteiger partial charge in [0.2, 0.25) is 5.91 Å². The number of hydrogen-bond acceptors (Lipinski definition) is 4. The van der Waals surface area contributed by atoms with Gasteiger partial charge in [-0.2, -0.15) is 0 Å². The van der Waals surface area contributed by atoms with Crippen molar-refractivity contribution < 1.29 is 4.79 Å². The molecule has 1 saturated carbocycles. The van der Waals surface area contributed by atoms with Crippen LogP contribution in [0.1, 0.15) is 43.4 Å². The monoisotopic (exact) mass is 433 g/mol. The van der Waals surface area contributed by atoms with E-state index >= 15 is 0 Å². The van der Waals surface area contributed by atoms with Gasteiger partial charge in [-0.15, -0.1) is 36.2 Å². The minimum Gasteiger partial charge on any atom is -0.355 e. The van der Waals surface area contributed by atoms with Crippen molar-refractivity contribution >= 4 is 42.1 Å². The molecule has 27 heavy (non-hydrogen) atoms. The third-order valence-corrected chi connectivity index (χ3v) is 7.57. The molecule has 4 nitrogen and oxygen atoms in total. The molecule has 4 rings (SSSR count). The maximum Gasteiger partial charge on any atom is 0.227 e. The van der Waals surface area contributed by atoms with Crippen LogP contribution in [-0.2, 0) is 11.3 Å². The second-order valence-electron chi connectivity index (χ2n) is 8.24. The molecule has 1 aromatic rings. The van der Waals surface area contributed by atoms with Crippen LogP contribution in [0.25, 0.3) is 0 Å². The summed E-state index contributed by atoms with van der Waals surface area (Å²) in [6, 6.07) is 4.37. The lowest BCUT2D eigenvalue weighted by molar-refractivity contribution is -0.134. The van der Waals surface area contributed by atoms with Crippen LogP contribution >= 0.6 is 36.2 Å². The predicted molar refractivity (Wildman–Crippen MR) is 117 cm³/mol. The van der Waals surface area contributed by atoms with Crippen LogP contribution in [0.15, 0.2) is 17.5 Å². The first-order valence-electron chi connectivity index (χ1n) is 10.00. The average molecular weight is 434 g/mol. The lowest BCUT2D eigenvalue weighted by Gasteiger charge is -2.38. The summed E-state index contributed by atoms with van der Waals surface area (Å²) in [5, 5.41) is 8.99. The van der Waals surface area contributed by atoms with Crippen molar-refractivity contribution in [3.8, 4) is 0 Å². The van der Waals surface area contributed by atoms with E-state index in [0.717, 1.165) is 45.7 Å². The van der Waals surface area contributed by atoms with Crippen molar-refractivity contribution in [2.75, 3.05) is 32.7 Å². The Balaban J connectivity index is 0.00000131. The fraction of sp³-hybridized carbons (Fsp3) is 0.750. The summed E-state index contributed by atoms with van der Waals surface area (Å²) in [7, 11) is 0. The molecule has 3 heterocycles. The van der Waals surface area contributed by atoms with E-state index in [1.54, 1.807) is 0 Å². The quantitative estimate of drug-likeness (QED) is 0.743. The number of amides is 1. The molecule has 1 aliphatic carbocycles. The van der Waals surface area contributed by atoms with Crippen LogP contribution in [0.2, 0.25) is 0 Å². The van der Waals surface area contributed by atoms with Gasteiger partial charge in [-0.05, 0) is 68.6 Å². The number of halogens is 2. The number of rotatable bonds is 5. The minimum atomic E-state index is -0.0991. The Morgan fingerprint density at radius 2 is 2.07 bits per heavy atom. The summed E-state index contributed by atoms with van der Waals surface area (Å²) in [4.78, 5) is 17.0. The van der Waals surface area contributed by atoms with Crippen molar-refractivity contribution in [3.63, 3.8) is 0 Å². The summed E-state index contributed by atoms with van der Waals surface area (Å²) in [6.07, 6.45) is 7.23. The van der Waals surface area contributed by atoms with Crippen molar-refractivity contribution in [2.45, 2.75) is 45.1 Å². The number of carbonyl (C=O) groups is 1. The highest BCUT2D eigenvalue weighted by Gasteiger charge is 2.49. The first kappa shape index (κ1) is 23.0. The molecule has 2 N–H and O–H groups in total. The molecular weight excluding hydrogens is 401 g/mol. The van der Waals surface area contributed by atoms with Crippen LogP contribution in [0.3, 0.4) is 0 Å². The molecule has 0 aromatic carbocycles. The molecule has 3 fully saturated rings. The van der Waals surface area contributed by atoms with E-state index in [9.17, 15) is 4.79 Å². The van der Waals surface area contributed by atoms with Gasteiger partial charge in [-0.1, -0.05) is 18.9 Å². The smallest absolute Gasteiger partial charge is 0.227 e. The number of fused-ring (bicyclic) bond motifs is 1. The van der Waals surface area contributed by atoms with E-state index in [1.165, 1.54) is 37.0 Å². The summed E-state index contributed by atoms with van der Waals surface area (Å²) < 4.78 is 0. The van der Waals surface area contributed by atoms with Gasteiger partial charge in [0.25, 0.3) is 0 Å². The van der Waals surface area contributed by atoms with E-state index in [1.807, 2.05) is 11.3 Å². The highest BCUT2D eigenvalue weighted by atomic mass is 35.5. The van der Waals surface area contributed by atoms with Gasteiger partial charge in [-0.3, -0.25) is 9.69 Å². The van der Waals surface area contributed by atoms with Gasteiger partial charge >= 0.3 is 0 Å².